The first-order chi connectivity index (χ1) is 15.0. The van der Waals surface area contributed by atoms with Crippen molar-refractivity contribution in [2.45, 2.75) is 64.8 Å². The Kier molecular flexibility index (Phi) is 8.57. The van der Waals surface area contributed by atoms with Crippen molar-refractivity contribution >= 4 is 28.6 Å². The monoisotopic (exact) mass is 439 g/mol. The Morgan fingerprint density at radius 2 is 2.00 bits per heavy atom. The standard InChI is InChI=1S/C15H14ClN.C12H24N2/c1-2-10-7-8-12-14(9-10)17-13-6-4-3-5-11(13)15(12)16;1-5-7-11(3)14-9-8-13(4)12(6-2)10-14/h2,7-9H,1,3-6H2;12H,3,5-10H2,1-2,4H3. The van der Waals surface area contributed by atoms with Crippen LogP contribution in [0, 0.1) is 0 Å². The minimum Gasteiger partial charge on any atom is -0.372 e. The van der Waals surface area contributed by atoms with E-state index in [9.17, 15) is 0 Å². The summed E-state index contributed by atoms with van der Waals surface area (Å²) in [6, 6.07) is 6.87. The third-order valence-electron chi connectivity index (χ3n) is 6.69. The van der Waals surface area contributed by atoms with Gasteiger partial charge < -0.3 is 4.90 Å². The summed E-state index contributed by atoms with van der Waals surface area (Å²) >= 11 is 6.49. The van der Waals surface area contributed by atoms with Crippen molar-refractivity contribution in [3.8, 4) is 0 Å². The lowest BCUT2D eigenvalue weighted by molar-refractivity contribution is 0.114. The van der Waals surface area contributed by atoms with E-state index in [1.165, 1.54) is 55.7 Å². The normalized spacial score (nSPS) is 18.8. The molecule has 1 aromatic heterocycles. The molecule has 168 valence electrons. The van der Waals surface area contributed by atoms with Crippen molar-refractivity contribution in [1.82, 2.24) is 14.8 Å². The van der Waals surface area contributed by atoms with Crippen LogP contribution in [-0.2, 0) is 12.8 Å². The van der Waals surface area contributed by atoms with Crippen molar-refractivity contribution in [2.24, 2.45) is 0 Å². The second kappa shape index (κ2) is 11.2. The summed E-state index contributed by atoms with van der Waals surface area (Å²) < 4.78 is 0. The highest BCUT2D eigenvalue weighted by Crippen LogP contribution is 2.33. The van der Waals surface area contributed by atoms with E-state index in [0.29, 0.717) is 0 Å². The number of allylic oxidation sites excluding steroid dienone is 1. The molecule has 0 saturated carbocycles. The Morgan fingerprint density at radius 1 is 1.23 bits per heavy atom. The number of likely N-dealkylation sites (N-methyl/N-ethyl adjacent to an activating group) is 1. The first-order valence-corrected chi connectivity index (χ1v) is 12.2. The molecule has 2 aromatic rings. The highest BCUT2D eigenvalue weighted by Gasteiger charge is 2.23. The van der Waals surface area contributed by atoms with Crippen LogP contribution in [0.1, 0.15) is 62.8 Å². The molecular weight excluding hydrogens is 402 g/mol. The average Bonchev–Trinajstić information content (AvgIpc) is 2.79. The molecule has 2 heterocycles. The Balaban J connectivity index is 0.000000180. The van der Waals surface area contributed by atoms with Crippen LogP contribution in [0.25, 0.3) is 17.0 Å². The average molecular weight is 440 g/mol. The van der Waals surface area contributed by atoms with E-state index in [1.54, 1.807) is 0 Å². The minimum atomic E-state index is 0.720. The van der Waals surface area contributed by atoms with Crippen molar-refractivity contribution in [2.75, 3.05) is 26.7 Å². The van der Waals surface area contributed by atoms with E-state index in [2.05, 4.69) is 56.0 Å². The molecule has 0 spiro atoms. The van der Waals surface area contributed by atoms with Crippen LogP contribution in [-0.4, -0.2) is 47.5 Å². The van der Waals surface area contributed by atoms with Gasteiger partial charge >= 0.3 is 0 Å². The fraction of sp³-hybridized carbons (Fsp3) is 0.519. The number of hydrogen-bond acceptors (Lipinski definition) is 3. The van der Waals surface area contributed by atoms with Gasteiger partial charge in [-0.05, 0) is 62.8 Å². The number of pyridine rings is 1. The summed E-state index contributed by atoms with van der Waals surface area (Å²) in [6.45, 7) is 16.0. The van der Waals surface area contributed by atoms with Gasteiger partial charge in [0.2, 0.25) is 0 Å². The van der Waals surface area contributed by atoms with Gasteiger partial charge in [-0.3, -0.25) is 9.88 Å². The predicted molar refractivity (Wildman–Crippen MR) is 136 cm³/mol. The number of benzene rings is 1. The first-order valence-electron chi connectivity index (χ1n) is 11.8. The van der Waals surface area contributed by atoms with E-state index >= 15 is 0 Å². The maximum absolute atomic E-state index is 6.49. The molecule has 1 aliphatic heterocycles. The molecule has 0 radical (unpaired) electrons. The molecule has 4 rings (SSSR count). The summed E-state index contributed by atoms with van der Waals surface area (Å²) in [5, 5.41) is 1.97. The van der Waals surface area contributed by atoms with E-state index < -0.39 is 0 Å². The fourth-order valence-corrected chi connectivity index (χ4v) is 5.00. The third-order valence-corrected chi connectivity index (χ3v) is 7.12. The molecule has 0 N–H and O–H groups in total. The topological polar surface area (TPSA) is 19.4 Å². The number of hydrogen-bond donors (Lipinski definition) is 0. The van der Waals surface area contributed by atoms with Gasteiger partial charge in [-0.15, -0.1) is 0 Å². The van der Waals surface area contributed by atoms with Gasteiger partial charge in [0.1, 0.15) is 0 Å². The van der Waals surface area contributed by atoms with E-state index in [0.717, 1.165) is 53.3 Å². The molecule has 1 saturated heterocycles. The number of halogens is 1. The molecule has 1 atom stereocenters. The van der Waals surface area contributed by atoms with Gasteiger partial charge in [0, 0.05) is 42.5 Å². The molecule has 1 fully saturated rings. The molecule has 2 aliphatic rings. The van der Waals surface area contributed by atoms with Crippen LogP contribution in [0.3, 0.4) is 0 Å². The summed E-state index contributed by atoms with van der Waals surface area (Å²) in [5.41, 5.74) is 5.87. The maximum atomic E-state index is 6.49. The lowest BCUT2D eigenvalue weighted by Gasteiger charge is -2.41. The van der Waals surface area contributed by atoms with Crippen molar-refractivity contribution in [3.05, 3.63) is 58.9 Å². The van der Waals surface area contributed by atoms with Crippen molar-refractivity contribution in [3.63, 3.8) is 0 Å². The van der Waals surface area contributed by atoms with Gasteiger partial charge in [0.25, 0.3) is 0 Å². The maximum Gasteiger partial charge on any atom is 0.0726 e. The molecule has 3 nitrogen and oxygen atoms in total. The van der Waals surface area contributed by atoms with Crippen LogP contribution in [0.2, 0.25) is 5.02 Å². The zero-order valence-electron chi connectivity index (χ0n) is 19.6. The zero-order valence-corrected chi connectivity index (χ0v) is 20.3. The van der Waals surface area contributed by atoms with Crippen LogP contribution in [0.5, 0.6) is 0 Å². The Hall–Kier alpha value is -1.84. The van der Waals surface area contributed by atoms with Gasteiger partial charge in [0.15, 0.2) is 0 Å². The van der Waals surface area contributed by atoms with E-state index in [4.69, 9.17) is 16.6 Å². The zero-order chi connectivity index (χ0) is 22.4. The molecular formula is C27H38ClN3. The highest BCUT2D eigenvalue weighted by molar-refractivity contribution is 6.36. The first kappa shape index (κ1) is 23.8. The van der Waals surface area contributed by atoms with E-state index in [1.807, 2.05) is 12.1 Å². The number of fused-ring (bicyclic) bond motifs is 2. The Morgan fingerprint density at radius 3 is 2.71 bits per heavy atom. The number of aromatic nitrogens is 1. The van der Waals surface area contributed by atoms with Gasteiger partial charge in [-0.2, -0.15) is 0 Å². The lowest BCUT2D eigenvalue weighted by atomic mass is 9.94. The van der Waals surface area contributed by atoms with E-state index in [-0.39, 0.29) is 0 Å². The lowest BCUT2D eigenvalue weighted by Crippen LogP contribution is -2.50. The highest BCUT2D eigenvalue weighted by atomic mass is 35.5. The number of nitrogens with zero attached hydrogens (tertiary/aromatic N) is 3. The largest absolute Gasteiger partial charge is 0.372 e. The molecule has 31 heavy (non-hydrogen) atoms. The third kappa shape index (κ3) is 5.70. The van der Waals surface area contributed by atoms with Gasteiger partial charge in [0.05, 0.1) is 10.5 Å². The molecule has 1 unspecified atom stereocenters. The van der Waals surface area contributed by atoms with Crippen molar-refractivity contribution in [1.29, 1.82) is 0 Å². The smallest absolute Gasteiger partial charge is 0.0726 e. The summed E-state index contributed by atoms with van der Waals surface area (Å²) in [7, 11) is 2.23. The molecule has 0 bridgehead atoms. The summed E-state index contributed by atoms with van der Waals surface area (Å²) in [6.07, 6.45) is 10.0. The number of piperazine rings is 1. The molecule has 0 amide bonds. The summed E-state index contributed by atoms with van der Waals surface area (Å²) in [5.74, 6) is 0. The minimum absolute atomic E-state index is 0.720. The number of rotatable bonds is 5. The van der Waals surface area contributed by atoms with Crippen LogP contribution in [0.4, 0.5) is 0 Å². The van der Waals surface area contributed by atoms with Crippen molar-refractivity contribution < 1.29 is 0 Å². The van der Waals surface area contributed by atoms with Crippen LogP contribution in [0.15, 0.2) is 37.1 Å². The second-order valence-electron chi connectivity index (χ2n) is 8.84. The molecule has 1 aliphatic carbocycles. The van der Waals surface area contributed by atoms with Gasteiger partial charge in [-0.1, -0.05) is 63.2 Å². The molecule has 4 heteroatoms. The summed E-state index contributed by atoms with van der Waals surface area (Å²) in [4.78, 5) is 9.69. The number of aryl methyl sites for hydroxylation is 1. The van der Waals surface area contributed by atoms with Crippen LogP contribution >= 0.6 is 11.6 Å². The Bertz CT molecular complexity index is 920. The Labute approximate surface area is 193 Å². The molecule has 1 aromatic carbocycles. The fourth-order valence-electron chi connectivity index (χ4n) is 4.63. The second-order valence-corrected chi connectivity index (χ2v) is 9.22. The van der Waals surface area contributed by atoms with Crippen LogP contribution < -0.4 is 0 Å². The predicted octanol–water partition coefficient (Wildman–Crippen LogP) is 6.74. The SMILES string of the molecule is C=C(CCC)N1CCN(C)C(CC)C1.C=Cc1ccc2c(Cl)c3c(nc2c1)CCCC3. The quantitative estimate of drug-likeness (QED) is 0.514. The van der Waals surface area contributed by atoms with Gasteiger partial charge in [-0.25, -0.2) is 0 Å².